The molecule has 2 amide bonds. The molecule has 0 spiro atoms. The number of rotatable bonds is 8. The van der Waals surface area contributed by atoms with E-state index in [1.54, 1.807) is 20.8 Å². The third-order valence-corrected chi connectivity index (χ3v) is 5.24. The van der Waals surface area contributed by atoms with Crippen molar-refractivity contribution in [1.82, 2.24) is 10.6 Å². The third-order valence-electron chi connectivity index (χ3n) is 5.24. The Bertz CT molecular complexity index is 824. The molecule has 0 radical (unpaired) electrons. The minimum absolute atomic E-state index is 0.157. The first-order valence-corrected chi connectivity index (χ1v) is 11.3. The largest absolute Gasteiger partial charge is 0.496 e. The highest BCUT2D eigenvalue weighted by Gasteiger charge is 2.61. The molecule has 2 rings (SSSR count). The van der Waals surface area contributed by atoms with Gasteiger partial charge in [0, 0.05) is 11.8 Å². The molecule has 3 unspecified atom stereocenters. The monoisotopic (exact) mass is 480 g/mol. The Morgan fingerprint density at radius 1 is 0.912 bits per heavy atom. The van der Waals surface area contributed by atoms with Crippen molar-refractivity contribution < 1.29 is 33.7 Å². The van der Waals surface area contributed by atoms with E-state index in [2.05, 4.69) is 30.4 Å². The zero-order chi connectivity index (χ0) is 26.5. The number of carbonyl (C=O) groups excluding carboxylic acids is 2. The maximum atomic E-state index is 11.8. The van der Waals surface area contributed by atoms with Crippen LogP contribution in [0.5, 0.6) is 0 Å². The van der Waals surface area contributed by atoms with Crippen LogP contribution in [-0.4, -0.2) is 52.1 Å². The quantitative estimate of drug-likeness (QED) is 0.344. The van der Waals surface area contributed by atoms with Gasteiger partial charge in [0.25, 0.3) is 0 Å². The van der Waals surface area contributed by atoms with E-state index in [-0.39, 0.29) is 11.8 Å². The second-order valence-electron chi connectivity index (χ2n) is 10.5. The van der Waals surface area contributed by atoms with E-state index in [0.29, 0.717) is 18.8 Å². The second kappa shape index (κ2) is 10.5. The summed E-state index contributed by atoms with van der Waals surface area (Å²) in [5.74, 6) is -0.550. The van der Waals surface area contributed by atoms with Crippen LogP contribution < -0.4 is 10.6 Å². The molecule has 0 bridgehead atoms. The smallest absolute Gasteiger partial charge is 0.408 e. The average molecular weight is 481 g/mol. The van der Waals surface area contributed by atoms with E-state index >= 15 is 0 Å². The van der Waals surface area contributed by atoms with E-state index in [4.69, 9.17) is 19.3 Å². The van der Waals surface area contributed by atoms with Crippen LogP contribution in [0.3, 0.4) is 0 Å². The van der Waals surface area contributed by atoms with Crippen LogP contribution >= 0.6 is 0 Å². The summed E-state index contributed by atoms with van der Waals surface area (Å²) in [5, 5.41) is 14.3. The fourth-order valence-corrected chi connectivity index (χ4v) is 3.40. The molecule has 34 heavy (non-hydrogen) atoms. The Balaban J connectivity index is 0.000000342. The highest BCUT2D eigenvalue weighted by molar-refractivity contribution is 5.88. The molecule has 0 aliphatic heterocycles. The van der Waals surface area contributed by atoms with Gasteiger partial charge in [0.2, 0.25) is 0 Å². The SMILES string of the molecule is C=CC1CC1(NC(=O)OC(C)(C)C)C(=O)O.C=CC1C[C@@]1(NC(=O)OC(C)(C)C)C(=C)OCC. The molecule has 4 atom stereocenters. The summed E-state index contributed by atoms with van der Waals surface area (Å²) in [5.41, 5.74) is -2.91. The summed E-state index contributed by atoms with van der Waals surface area (Å²) < 4.78 is 15.7. The standard InChI is InChI=1S/C14H23NO3.C11H17NO4/c1-7-11-9-14(11,10(3)17-8-2)15-12(16)18-13(4,5)6;1-5-7-6-11(7,8(13)14)12-9(15)16-10(2,3)4/h7,11H,1,3,8-9H2,2,4-6H3,(H,15,16);5,7H,1,6H2,2-4H3,(H,12,15)(H,13,14)/t11?,14-;/m1./s1. The third kappa shape index (κ3) is 7.81. The zero-order valence-corrected chi connectivity index (χ0v) is 21.4. The van der Waals surface area contributed by atoms with Crippen LogP contribution in [0.15, 0.2) is 37.6 Å². The highest BCUT2D eigenvalue weighted by atomic mass is 16.6. The summed E-state index contributed by atoms with van der Waals surface area (Å²) in [7, 11) is 0. The number of aliphatic carboxylic acids is 1. The number of nitrogens with one attached hydrogen (secondary N) is 2. The maximum absolute atomic E-state index is 11.8. The maximum Gasteiger partial charge on any atom is 0.408 e. The lowest BCUT2D eigenvalue weighted by Gasteiger charge is -2.25. The van der Waals surface area contributed by atoms with Gasteiger partial charge in [-0.2, -0.15) is 0 Å². The van der Waals surface area contributed by atoms with Crippen LogP contribution in [0.4, 0.5) is 9.59 Å². The number of carboxylic acids is 1. The fourth-order valence-electron chi connectivity index (χ4n) is 3.40. The lowest BCUT2D eigenvalue weighted by molar-refractivity contribution is -0.141. The molecule has 0 saturated heterocycles. The van der Waals surface area contributed by atoms with Gasteiger partial charge < -0.3 is 30.0 Å². The Morgan fingerprint density at radius 2 is 1.29 bits per heavy atom. The minimum Gasteiger partial charge on any atom is -0.496 e. The Kier molecular flexibility index (Phi) is 9.00. The van der Waals surface area contributed by atoms with Crippen molar-refractivity contribution in [1.29, 1.82) is 0 Å². The second-order valence-corrected chi connectivity index (χ2v) is 10.5. The molecule has 9 heteroatoms. The van der Waals surface area contributed by atoms with Crippen molar-refractivity contribution in [3.05, 3.63) is 37.6 Å². The first-order valence-electron chi connectivity index (χ1n) is 11.3. The number of hydrogen-bond donors (Lipinski definition) is 3. The zero-order valence-electron chi connectivity index (χ0n) is 21.4. The number of carboxylic acid groups (broad SMARTS) is 1. The first kappa shape index (κ1) is 29.1. The molecule has 2 aliphatic rings. The molecular weight excluding hydrogens is 440 g/mol. The van der Waals surface area contributed by atoms with Gasteiger partial charge in [-0.3, -0.25) is 0 Å². The highest BCUT2D eigenvalue weighted by Crippen LogP contribution is 2.49. The predicted molar refractivity (Wildman–Crippen MR) is 129 cm³/mol. The summed E-state index contributed by atoms with van der Waals surface area (Å²) >= 11 is 0. The first-order chi connectivity index (χ1) is 15.5. The van der Waals surface area contributed by atoms with Gasteiger partial charge in [0.05, 0.1) is 6.61 Å². The number of ether oxygens (including phenoxy) is 3. The molecule has 2 aliphatic carbocycles. The molecule has 0 aromatic heterocycles. The van der Waals surface area contributed by atoms with Crippen molar-refractivity contribution >= 4 is 18.2 Å². The minimum atomic E-state index is -1.22. The van der Waals surface area contributed by atoms with Crippen molar-refractivity contribution in [3.8, 4) is 0 Å². The van der Waals surface area contributed by atoms with E-state index in [0.717, 1.165) is 6.42 Å². The van der Waals surface area contributed by atoms with Crippen LogP contribution in [0.1, 0.15) is 61.3 Å². The molecule has 9 nitrogen and oxygen atoms in total. The molecule has 2 saturated carbocycles. The van der Waals surface area contributed by atoms with Gasteiger partial charge in [-0.1, -0.05) is 18.7 Å². The number of carbonyl (C=O) groups is 3. The van der Waals surface area contributed by atoms with E-state index < -0.39 is 40.4 Å². The summed E-state index contributed by atoms with van der Waals surface area (Å²) in [6.07, 6.45) is 3.30. The number of hydrogen-bond acceptors (Lipinski definition) is 6. The van der Waals surface area contributed by atoms with Gasteiger partial charge in [0.1, 0.15) is 28.0 Å². The Hall–Kier alpha value is -2.97. The predicted octanol–water partition coefficient (Wildman–Crippen LogP) is 4.55. The molecule has 192 valence electrons. The normalized spacial score (nSPS) is 27.0. The molecular formula is C25H40N2O7. The fraction of sp³-hybridized carbons (Fsp3) is 0.640. The van der Waals surface area contributed by atoms with Crippen molar-refractivity contribution in [2.45, 2.75) is 83.6 Å². The summed E-state index contributed by atoms with van der Waals surface area (Å²) in [4.78, 5) is 34.3. The van der Waals surface area contributed by atoms with Crippen LogP contribution in [0.2, 0.25) is 0 Å². The van der Waals surface area contributed by atoms with Crippen LogP contribution in [0, 0.1) is 11.8 Å². The van der Waals surface area contributed by atoms with Gasteiger partial charge in [0.15, 0.2) is 0 Å². The van der Waals surface area contributed by atoms with Crippen molar-refractivity contribution in [2.75, 3.05) is 6.61 Å². The molecule has 3 N–H and O–H groups in total. The summed E-state index contributed by atoms with van der Waals surface area (Å²) in [6.45, 7) is 24.2. The van der Waals surface area contributed by atoms with Gasteiger partial charge in [-0.15, -0.1) is 13.2 Å². The van der Waals surface area contributed by atoms with Crippen molar-refractivity contribution in [3.63, 3.8) is 0 Å². The number of amides is 2. The van der Waals surface area contributed by atoms with Gasteiger partial charge in [-0.05, 0) is 61.3 Å². The summed E-state index contributed by atoms with van der Waals surface area (Å²) in [6, 6.07) is 0. The van der Waals surface area contributed by atoms with Gasteiger partial charge >= 0.3 is 18.2 Å². The molecule has 0 aromatic rings. The topological polar surface area (TPSA) is 123 Å². The number of alkyl carbamates (subject to hydrolysis) is 2. The molecule has 0 heterocycles. The van der Waals surface area contributed by atoms with E-state index in [1.807, 2.05) is 33.8 Å². The Morgan fingerprint density at radius 3 is 1.59 bits per heavy atom. The lowest BCUT2D eigenvalue weighted by atomic mass is 10.1. The Labute approximate surface area is 202 Å². The van der Waals surface area contributed by atoms with Crippen LogP contribution in [0.25, 0.3) is 0 Å². The average Bonchev–Trinajstić information content (AvgIpc) is 3.54. The van der Waals surface area contributed by atoms with E-state index in [1.165, 1.54) is 6.08 Å². The molecule has 2 fully saturated rings. The molecule has 0 aromatic carbocycles. The van der Waals surface area contributed by atoms with E-state index in [9.17, 15) is 14.4 Å². The van der Waals surface area contributed by atoms with Crippen LogP contribution in [-0.2, 0) is 19.0 Å². The lowest BCUT2D eigenvalue weighted by Crippen LogP contribution is -2.46. The van der Waals surface area contributed by atoms with Gasteiger partial charge in [-0.25, -0.2) is 14.4 Å². The van der Waals surface area contributed by atoms with Crippen molar-refractivity contribution in [2.24, 2.45) is 11.8 Å².